The fourth-order valence-electron chi connectivity index (χ4n) is 2.14. The number of nitrogens with one attached hydrogen (secondary N) is 1. The lowest BCUT2D eigenvalue weighted by molar-refractivity contribution is -0.122. The van der Waals surface area contributed by atoms with Gasteiger partial charge in [0, 0.05) is 6.54 Å². The van der Waals surface area contributed by atoms with Crippen LogP contribution in [-0.4, -0.2) is 18.5 Å². The van der Waals surface area contributed by atoms with E-state index in [-0.39, 0.29) is 5.91 Å². The summed E-state index contributed by atoms with van der Waals surface area (Å²) in [6, 6.07) is 17.6. The monoisotopic (exact) mass is 312 g/mol. The van der Waals surface area contributed by atoms with Crippen LogP contribution in [0.4, 0.5) is 0 Å². The average Bonchev–Trinajstić information content (AvgIpc) is 2.61. The van der Waals surface area contributed by atoms with Crippen molar-refractivity contribution in [3.8, 4) is 5.75 Å². The van der Waals surface area contributed by atoms with Crippen LogP contribution in [0, 0.1) is 0 Å². The largest absolute Gasteiger partial charge is 0.489 e. The predicted octanol–water partition coefficient (Wildman–Crippen LogP) is 2.66. The van der Waals surface area contributed by atoms with Crippen molar-refractivity contribution in [1.29, 1.82) is 0 Å². The second-order valence-electron chi connectivity index (χ2n) is 5.47. The molecule has 0 radical (unpaired) electrons. The molecule has 4 nitrogen and oxygen atoms in total. The van der Waals surface area contributed by atoms with Crippen LogP contribution in [0.3, 0.4) is 0 Å². The van der Waals surface area contributed by atoms with Gasteiger partial charge in [0.25, 0.3) is 0 Å². The number of carbonyl (C=O) groups is 1. The summed E-state index contributed by atoms with van der Waals surface area (Å²) >= 11 is 0. The molecule has 0 aromatic heterocycles. The van der Waals surface area contributed by atoms with Crippen LogP contribution < -0.4 is 15.8 Å². The molecule has 2 rings (SSSR count). The third kappa shape index (κ3) is 5.75. The molecule has 0 saturated heterocycles. The SMILES string of the molecule is CC[C@H](N)C(=O)NCCc1ccc(OCc2ccccc2)cc1. The van der Waals surface area contributed by atoms with Gasteiger partial charge in [-0.1, -0.05) is 49.4 Å². The van der Waals surface area contributed by atoms with Crippen LogP contribution >= 0.6 is 0 Å². The maximum atomic E-state index is 11.6. The highest BCUT2D eigenvalue weighted by Gasteiger charge is 2.09. The summed E-state index contributed by atoms with van der Waals surface area (Å²) in [4.78, 5) is 11.6. The highest BCUT2D eigenvalue weighted by molar-refractivity contribution is 5.81. The Morgan fingerprint density at radius 2 is 1.78 bits per heavy atom. The highest BCUT2D eigenvalue weighted by Crippen LogP contribution is 2.14. The minimum atomic E-state index is -0.413. The van der Waals surface area contributed by atoms with Gasteiger partial charge in [-0.3, -0.25) is 4.79 Å². The van der Waals surface area contributed by atoms with Crippen LogP contribution in [0.15, 0.2) is 54.6 Å². The first-order valence-electron chi connectivity index (χ1n) is 7.98. The van der Waals surface area contributed by atoms with Gasteiger partial charge in [-0.05, 0) is 36.1 Å². The van der Waals surface area contributed by atoms with Gasteiger partial charge in [-0.2, -0.15) is 0 Å². The zero-order chi connectivity index (χ0) is 16.5. The Labute approximate surface area is 137 Å². The van der Waals surface area contributed by atoms with E-state index in [4.69, 9.17) is 10.5 Å². The Morgan fingerprint density at radius 1 is 1.09 bits per heavy atom. The van der Waals surface area contributed by atoms with Gasteiger partial charge in [0.15, 0.2) is 0 Å². The number of ether oxygens (including phenoxy) is 1. The minimum Gasteiger partial charge on any atom is -0.489 e. The quantitative estimate of drug-likeness (QED) is 0.787. The number of hydrogen-bond acceptors (Lipinski definition) is 3. The molecule has 2 aromatic carbocycles. The molecular weight excluding hydrogens is 288 g/mol. The van der Waals surface area contributed by atoms with Crippen LogP contribution in [0.25, 0.3) is 0 Å². The van der Waals surface area contributed by atoms with Crippen molar-refractivity contribution in [2.45, 2.75) is 32.4 Å². The van der Waals surface area contributed by atoms with E-state index in [1.807, 2.05) is 61.5 Å². The lowest BCUT2D eigenvalue weighted by Gasteiger charge is -2.10. The fourth-order valence-corrected chi connectivity index (χ4v) is 2.14. The molecule has 4 heteroatoms. The predicted molar refractivity (Wildman–Crippen MR) is 92.2 cm³/mol. The van der Waals surface area contributed by atoms with Gasteiger partial charge in [0.05, 0.1) is 6.04 Å². The van der Waals surface area contributed by atoms with Crippen molar-refractivity contribution in [1.82, 2.24) is 5.32 Å². The molecule has 0 heterocycles. The molecule has 0 spiro atoms. The standard InChI is InChI=1S/C19H24N2O2/c1-2-18(20)19(22)21-13-12-15-8-10-17(11-9-15)23-14-16-6-4-3-5-7-16/h3-11,18H,2,12-14,20H2,1H3,(H,21,22)/t18-/m0/s1. The lowest BCUT2D eigenvalue weighted by Crippen LogP contribution is -2.40. The number of hydrogen-bond donors (Lipinski definition) is 2. The molecule has 2 aromatic rings. The van der Waals surface area contributed by atoms with Crippen molar-refractivity contribution >= 4 is 5.91 Å². The Morgan fingerprint density at radius 3 is 2.43 bits per heavy atom. The summed E-state index contributed by atoms with van der Waals surface area (Å²) in [5, 5.41) is 2.85. The van der Waals surface area contributed by atoms with E-state index in [0.717, 1.165) is 23.3 Å². The Balaban J connectivity index is 1.75. The van der Waals surface area contributed by atoms with Gasteiger partial charge in [-0.15, -0.1) is 0 Å². The first-order valence-corrected chi connectivity index (χ1v) is 7.98. The zero-order valence-electron chi connectivity index (χ0n) is 13.5. The van der Waals surface area contributed by atoms with E-state index in [1.54, 1.807) is 0 Å². The number of rotatable bonds is 8. The normalized spacial score (nSPS) is 11.7. The average molecular weight is 312 g/mol. The van der Waals surface area contributed by atoms with Crippen LogP contribution in [-0.2, 0) is 17.8 Å². The number of benzene rings is 2. The molecule has 0 aliphatic rings. The maximum absolute atomic E-state index is 11.6. The first kappa shape index (κ1) is 17.0. The Hall–Kier alpha value is -2.33. The number of carbonyl (C=O) groups excluding carboxylic acids is 1. The van der Waals surface area contributed by atoms with Crippen LogP contribution in [0.2, 0.25) is 0 Å². The Bertz CT molecular complexity index is 597. The molecule has 0 fully saturated rings. The summed E-state index contributed by atoms with van der Waals surface area (Å²) in [5.74, 6) is 0.755. The molecule has 0 unspecified atom stereocenters. The summed E-state index contributed by atoms with van der Waals surface area (Å²) in [6.07, 6.45) is 1.43. The molecule has 0 saturated carbocycles. The zero-order valence-corrected chi connectivity index (χ0v) is 13.5. The molecule has 0 aliphatic heterocycles. The topological polar surface area (TPSA) is 64.4 Å². The molecule has 1 atom stereocenters. The molecule has 0 aliphatic carbocycles. The van der Waals surface area contributed by atoms with Crippen LogP contribution in [0.1, 0.15) is 24.5 Å². The summed E-state index contributed by atoms with van der Waals surface area (Å²) in [6.45, 7) is 3.06. The van der Waals surface area contributed by atoms with Crippen molar-refractivity contribution in [3.05, 3.63) is 65.7 Å². The van der Waals surface area contributed by atoms with Gasteiger partial charge < -0.3 is 15.8 Å². The van der Waals surface area contributed by atoms with Crippen molar-refractivity contribution < 1.29 is 9.53 Å². The Kier molecular flexibility index (Phi) is 6.63. The maximum Gasteiger partial charge on any atom is 0.236 e. The fraction of sp³-hybridized carbons (Fsp3) is 0.316. The third-order valence-corrected chi connectivity index (χ3v) is 3.66. The molecule has 0 bridgehead atoms. The van der Waals surface area contributed by atoms with Gasteiger partial charge in [-0.25, -0.2) is 0 Å². The molecular formula is C19H24N2O2. The summed E-state index contributed by atoms with van der Waals surface area (Å²) in [7, 11) is 0. The smallest absolute Gasteiger partial charge is 0.236 e. The number of amides is 1. The van der Waals surface area contributed by atoms with Crippen molar-refractivity contribution in [2.24, 2.45) is 5.73 Å². The van der Waals surface area contributed by atoms with E-state index >= 15 is 0 Å². The van der Waals surface area contributed by atoms with E-state index < -0.39 is 6.04 Å². The molecule has 1 amide bonds. The molecule has 23 heavy (non-hydrogen) atoms. The minimum absolute atomic E-state index is 0.0877. The second kappa shape index (κ2) is 8.96. The lowest BCUT2D eigenvalue weighted by atomic mass is 10.1. The van der Waals surface area contributed by atoms with E-state index in [1.165, 1.54) is 0 Å². The van der Waals surface area contributed by atoms with Gasteiger partial charge >= 0.3 is 0 Å². The summed E-state index contributed by atoms with van der Waals surface area (Å²) in [5.41, 5.74) is 7.97. The van der Waals surface area contributed by atoms with E-state index in [9.17, 15) is 4.79 Å². The van der Waals surface area contributed by atoms with Crippen molar-refractivity contribution in [2.75, 3.05) is 6.54 Å². The highest BCUT2D eigenvalue weighted by atomic mass is 16.5. The number of nitrogens with two attached hydrogens (primary N) is 1. The first-order chi connectivity index (χ1) is 11.2. The van der Waals surface area contributed by atoms with Crippen LogP contribution in [0.5, 0.6) is 5.75 Å². The third-order valence-electron chi connectivity index (χ3n) is 3.66. The summed E-state index contributed by atoms with van der Waals surface area (Å²) < 4.78 is 5.75. The molecule has 122 valence electrons. The van der Waals surface area contributed by atoms with Crippen molar-refractivity contribution in [3.63, 3.8) is 0 Å². The van der Waals surface area contributed by atoms with E-state index in [0.29, 0.717) is 19.6 Å². The second-order valence-corrected chi connectivity index (χ2v) is 5.47. The van der Waals surface area contributed by atoms with E-state index in [2.05, 4.69) is 5.32 Å². The molecule has 3 N–H and O–H groups in total. The van der Waals surface area contributed by atoms with Gasteiger partial charge in [0.2, 0.25) is 5.91 Å². The van der Waals surface area contributed by atoms with Gasteiger partial charge in [0.1, 0.15) is 12.4 Å².